The molecule has 0 saturated carbocycles. The quantitative estimate of drug-likeness (QED) is 0.805. The first-order valence-electron chi connectivity index (χ1n) is 6.06. The monoisotopic (exact) mass is 251 g/mol. The fourth-order valence-electron chi connectivity index (χ4n) is 2.25. The van der Waals surface area contributed by atoms with E-state index in [1.54, 1.807) is 0 Å². The SMILES string of the molecule is CN1CCC(Sc2ccc3c(c2)OCO3)CC1. The predicted molar refractivity (Wildman–Crippen MR) is 68.9 cm³/mol. The summed E-state index contributed by atoms with van der Waals surface area (Å²) in [4.78, 5) is 3.69. The Kier molecular flexibility index (Phi) is 3.16. The maximum atomic E-state index is 5.40. The third kappa shape index (κ3) is 2.53. The van der Waals surface area contributed by atoms with Crippen LogP contribution in [0.25, 0.3) is 0 Å². The van der Waals surface area contributed by atoms with Gasteiger partial charge in [0.1, 0.15) is 0 Å². The molecule has 92 valence electrons. The zero-order chi connectivity index (χ0) is 11.7. The van der Waals surface area contributed by atoms with E-state index in [1.807, 2.05) is 17.8 Å². The highest BCUT2D eigenvalue weighted by molar-refractivity contribution is 8.00. The van der Waals surface area contributed by atoms with E-state index in [2.05, 4.69) is 24.1 Å². The van der Waals surface area contributed by atoms with E-state index in [0.717, 1.165) is 16.7 Å². The fraction of sp³-hybridized carbons (Fsp3) is 0.538. The summed E-state index contributed by atoms with van der Waals surface area (Å²) < 4.78 is 10.7. The van der Waals surface area contributed by atoms with Crippen LogP contribution < -0.4 is 9.47 Å². The van der Waals surface area contributed by atoms with Crippen molar-refractivity contribution in [3.63, 3.8) is 0 Å². The molecule has 2 aliphatic heterocycles. The first kappa shape index (κ1) is 11.2. The first-order chi connectivity index (χ1) is 8.31. The second-order valence-electron chi connectivity index (χ2n) is 4.64. The summed E-state index contributed by atoms with van der Waals surface area (Å²) in [5.41, 5.74) is 0. The smallest absolute Gasteiger partial charge is 0.231 e. The predicted octanol–water partition coefficient (Wildman–Crippen LogP) is 2.60. The van der Waals surface area contributed by atoms with Gasteiger partial charge < -0.3 is 14.4 Å². The second kappa shape index (κ2) is 4.78. The summed E-state index contributed by atoms with van der Waals surface area (Å²) in [6, 6.07) is 6.25. The van der Waals surface area contributed by atoms with Gasteiger partial charge in [0.25, 0.3) is 0 Å². The molecule has 0 bridgehead atoms. The van der Waals surface area contributed by atoms with E-state index < -0.39 is 0 Å². The average molecular weight is 251 g/mol. The molecular formula is C13H17NO2S. The van der Waals surface area contributed by atoms with Crippen molar-refractivity contribution in [2.75, 3.05) is 26.9 Å². The zero-order valence-corrected chi connectivity index (χ0v) is 10.8. The van der Waals surface area contributed by atoms with Gasteiger partial charge in [0.15, 0.2) is 11.5 Å². The van der Waals surface area contributed by atoms with Crippen molar-refractivity contribution in [3.05, 3.63) is 18.2 Å². The Morgan fingerprint density at radius 3 is 2.76 bits per heavy atom. The standard InChI is InChI=1S/C13H17NO2S/c1-14-6-4-10(5-7-14)17-11-2-3-12-13(8-11)16-9-15-12/h2-3,8,10H,4-7,9H2,1H3. The summed E-state index contributed by atoms with van der Waals surface area (Å²) in [6.07, 6.45) is 2.55. The van der Waals surface area contributed by atoms with E-state index >= 15 is 0 Å². The van der Waals surface area contributed by atoms with Gasteiger partial charge in [-0.15, -0.1) is 11.8 Å². The maximum Gasteiger partial charge on any atom is 0.231 e. The Morgan fingerprint density at radius 1 is 1.18 bits per heavy atom. The topological polar surface area (TPSA) is 21.7 Å². The molecule has 1 saturated heterocycles. The Balaban J connectivity index is 1.65. The Hall–Kier alpha value is -0.870. The number of piperidine rings is 1. The molecule has 2 heterocycles. The highest BCUT2D eigenvalue weighted by Gasteiger charge is 2.19. The lowest BCUT2D eigenvalue weighted by Crippen LogP contribution is -2.31. The molecular weight excluding hydrogens is 234 g/mol. The Morgan fingerprint density at radius 2 is 1.94 bits per heavy atom. The van der Waals surface area contributed by atoms with Crippen molar-refractivity contribution in [1.29, 1.82) is 0 Å². The largest absolute Gasteiger partial charge is 0.454 e. The Labute approximate surface area is 106 Å². The van der Waals surface area contributed by atoms with Gasteiger partial charge in [-0.1, -0.05) is 0 Å². The van der Waals surface area contributed by atoms with Crippen molar-refractivity contribution in [2.45, 2.75) is 23.0 Å². The van der Waals surface area contributed by atoms with Gasteiger partial charge in [-0.2, -0.15) is 0 Å². The van der Waals surface area contributed by atoms with Crippen molar-refractivity contribution in [3.8, 4) is 11.5 Å². The molecule has 17 heavy (non-hydrogen) atoms. The average Bonchev–Trinajstić information content (AvgIpc) is 2.79. The van der Waals surface area contributed by atoms with E-state index in [-0.39, 0.29) is 0 Å². The molecule has 1 aromatic carbocycles. The minimum Gasteiger partial charge on any atom is -0.454 e. The number of rotatable bonds is 2. The van der Waals surface area contributed by atoms with Gasteiger partial charge in [0.2, 0.25) is 6.79 Å². The molecule has 4 heteroatoms. The molecule has 0 aliphatic carbocycles. The van der Waals surface area contributed by atoms with Gasteiger partial charge in [-0.05, 0) is 51.2 Å². The Bertz CT molecular complexity index is 402. The van der Waals surface area contributed by atoms with Crippen molar-refractivity contribution in [2.24, 2.45) is 0 Å². The number of hydrogen-bond acceptors (Lipinski definition) is 4. The summed E-state index contributed by atoms with van der Waals surface area (Å²) in [5, 5.41) is 0.742. The summed E-state index contributed by atoms with van der Waals surface area (Å²) in [6.45, 7) is 2.78. The second-order valence-corrected chi connectivity index (χ2v) is 6.01. The van der Waals surface area contributed by atoms with Crippen LogP contribution in [-0.2, 0) is 0 Å². The van der Waals surface area contributed by atoms with Gasteiger partial charge in [-0.3, -0.25) is 0 Å². The van der Waals surface area contributed by atoms with Crippen LogP contribution in [0.4, 0.5) is 0 Å². The third-order valence-corrected chi connectivity index (χ3v) is 4.64. The molecule has 0 aromatic heterocycles. The van der Waals surface area contributed by atoms with Crippen LogP contribution in [0.1, 0.15) is 12.8 Å². The van der Waals surface area contributed by atoms with Crippen molar-refractivity contribution in [1.82, 2.24) is 4.90 Å². The molecule has 2 aliphatic rings. The molecule has 0 amide bonds. The van der Waals surface area contributed by atoms with Crippen LogP contribution in [0.3, 0.4) is 0 Å². The summed E-state index contributed by atoms with van der Waals surface area (Å²) in [7, 11) is 2.20. The van der Waals surface area contributed by atoms with E-state index in [0.29, 0.717) is 6.79 Å². The van der Waals surface area contributed by atoms with Crippen LogP contribution in [0.2, 0.25) is 0 Å². The summed E-state index contributed by atoms with van der Waals surface area (Å²) >= 11 is 1.97. The zero-order valence-electron chi connectivity index (χ0n) is 10.0. The highest BCUT2D eigenvalue weighted by atomic mass is 32.2. The number of likely N-dealkylation sites (tertiary alicyclic amines) is 1. The number of fused-ring (bicyclic) bond motifs is 1. The van der Waals surface area contributed by atoms with Crippen LogP contribution in [0.15, 0.2) is 23.1 Å². The van der Waals surface area contributed by atoms with Crippen LogP contribution in [0.5, 0.6) is 11.5 Å². The molecule has 1 aromatic rings. The summed E-state index contributed by atoms with van der Waals surface area (Å²) in [5.74, 6) is 1.76. The molecule has 0 unspecified atom stereocenters. The number of nitrogens with zero attached hydrogens (tertiary/aromatic N) is 1. The van der Waals surface area contributed by atoms with Gasteiger partial charge in [0, 0.05) is 10.1 Å². The molecule has 0 spiro atoms. The lowest BCUT2D eigenvalue weighted by Gasteiger charge is -2.28. The van der Waals surface area contributed by atoms with Gasteiger partial charge in [0.05, 0.1) is 0 Å². The van der Waals surface area contributed by atoms with E-state index in [4.69, 9.17) is 9.47 Å². The minimum atomic E-state index is 0.359. The molecule has 0 atom stereocenters. The number of hydrogen-bond donors (Lipinski definition) is 0. The van der Waals surface area contributed by atoms with Gasteiger partial charge in [-0.25, -0.2) is 0 Å². The number of benzene rings is 1. The normalized spacial score (nSPS) is 20.8. The molecule has 0 N–H and O–H groups in total. The maximum absolute atomic E-state index is 5.40. The molecule has 1 fully saturated rings. The van der Waals surface area contributed by atoms with Crippen molar-refractivity contribution < 1.29 is 9.47 Å². The number of ether oxygens (including phenoxy) is 2. The first-order valence-corrected chi connectivity index (χ1v) is 6.94. The third-order valence-electron chi connectivity index (χ3n) is 3.31. The van der Waals surface area contributed by atoms with Crippen molar-refractivity contribution >= 4 is 11.8 Å². The molecule has 0 radical (unpaired) electrons. The lowest BCUT2D eigenvalue weighted by molar-refractivity contribution is 0.174. The molecule has 3 rings (SSSR count). The van der Waals surface area contributed by atoms with Gasteiger partial charge >= 0.3 is 0 Å². The lowest BCUT2D eigenvalue weighted by atomic mass is 10.1. The van der Waals surface area contributed by atoms with Crippen LogP contribution in [-0.4, -0.2) is 37.1 Å². The minimum absolute atomic E-state index is 0.359. The highest BCUT2D eigenvalue weighted by Crippen LogP contribution is 2.38. The fourth-order valence-corrected chi connectivity index (χ4v) is 3.40. The molecule has 3 nitrogen and oxygen atoms in total. The van der Waals surface area contributed by atoms with E-state index in [1.165, 1.54) is 30.8 Å². The van der Waals surface area contributed by atoms with Crippen LogP contribution in [0, 0.1) is 0 Å². The number of thioether (sulfide) groups is 1. The van der Waals surface area contributed by atoms with E-state index in [9.17, 15) is 0 Å². The van der Waals surface area contributed by atoms with Crippen LogP contribution >= 0.6 is 11.8 Å².